The monoisotopic (exact) mass is 756 g/mol. The lowest BCUT2D eigenvalue weighted by atomic mass is 10.00. The maximum atomic E-state index is 6.64. The van der Waals surface area contributed by atoms with Gasteiger partial charge in [0.1, 0.15) is 33.5 Å². The van der Waals surface area contributed by atoms with Crippen molar-refractivity contribution in [2.45, 2.75) is 0 Å². The second-order valence-electron chi connectivity index (χ2n) is 15.3. The molecule has 13 rings (SSSR count). The number of nitrogens with zero attached hydrogens (tertiary/aromatic N) is 2. The molecule has 0 unspecified atom stereocenters. The molecule has 59 heavy (non-hydrogen) atoms. The third kappa shape index (κ3) is 4.79. The van der Waals surface area contributed by atoms with Crippen LogP contribution >= 0.6 is 0 Å². The molecule has 0 atom stereocenters. The third-order valence-corrected chi connectivity index (χ3v) is 12.0. The summed E-state index contributed by atoms with van der Waals surface area (Å²) in [6.45, 7) is 0. The predicted molar refractivity (Wildman–Crippen MR) is 243 cm³/mol. The van der Waals surface area contributed by atoms with Crippen LogP contribution in [0.1, 0.15) is 0 Å². The summed E-state index contributed by atoms with van der Waals surface area (Å²) in [6.07, 6.45) is 0. The van der Waals surface area contributed by atoms with Crippen LogP contribution in [0.5, 0.6) is 0 Å². The molecule has 0 aliphatic carbocycles. The first-order valence-electron chi connectivity index (χ1n) is 19.9. The molecule has 5 heteroatoms. The van der Waals surface area contributed by atoms with Crippen molar-refractivity contribution in [2.24, 2.45) is 0 Å². The highest BCUT2D eigenvalue weighted by Gasteiger charge is 2.23. The van der Waals surface area contributed by atoms with Crippen molar-refractivity contribution in [1.29, 1.82) is 0 Å². The average molecular weight is 757 g/mol. The van der Waals surface area contributed by atoms with Gasteiger partial charge in [0.25, 0.3) is 0 Å². The maximum Gasteiger partial charge on any atom is 0.137 e. The largest absolute Gasteiger partial charge is 0.456 e. The Morgan fingerprint density at radius 2 is 0.847 bits per heavy atom. The summed E-state index contributed by atoms with van der Waals surface area (Å²) in [5.41, 5.74) is 13.7. The fraction of sp³-hybridized carbons (Fsp3) is 0. The van der Waals surface area contributed by atoms with Crippen LogP contribution in [0, 0.1) is 0 Å². The Balaban J connectivity index is 1.02. The molecule has 0 aliphatic rings. The number of hydrogen-bond donors (Lipinski definition) is 0. The average Bonchev–Trinajstić information content (AvgIpc) is 4.05. The predicted octanol–water partition coefficient (Wildman–Crippen LogP) is 15.6. The van der Waals surface area contributed by atoms with Crippen molar-refractivity contribution in [3.8, 4) is 16.8 Å². The van der Waals surface area contributed by atoms with Crippen LogP contribution in [0.3, 0.4) is 0 Å². The van der Waals surface area contributed by atoms with Gasteiger partial charge in [-0.25, -0.2) is 0 Å². The number of furan rings is 3. The molecule has 13 aromatic rings. The summed E-state index contributed by atoms with van der Waals surface area (Å²) in [7, 11) is 0. The Morgan fingerprint density at radius 1 is 0.322 bits per heavy atom. The maximum absolute atomic E-state index is 6.64. The number of fused-ring (bicyclic) bond motifs is 12. The van der Waals surface area contributed by atoms with Gasteiger partial charge in [-0.3, -0.25) is 0 Å². The molecule has 0 fully saturated rings. The van der Waals surface area contributed by atoms with Crippen LogP contribution in [0.25, 0.3) is 104 Å². The highest BCUT2D eigenvalue weighted by Crippen LogP contribution is 2.46. The molecule has 0 bridgehead atoms. The number of aromatic nitrogens is 1. The molecule has 0 spiro atoms. The van der Waals surface area contributed by atoms with Crippen molar-refractivity contribution in [3.63, 3.8) is 0 Å². The van der Waals surface area contributed by atoms with Gasteiger partial charge < -0.3 is 22.7 Å². The van der Waals surface area contributed by atoms with Gasteiger partial charge in [-0.15, -0.1) is 0 Å². The standard InChI is InChI=1S/C54H32N2O3/c1-2-11-35(12-3-1)56-45-16-7-4-13-38(45)43-29-33(21-27-46(43)56)34-22-28-50-44(30-34)54-47(17-10-20-51(54)57-50)55(36-23-25-41-39-14-5-8-18-48(39)58-52(41)31-36)37-24-26-42-40-15-6-9-19-49(40)59-53(42)32-37/h1-32H. The van der Waals surface area contributed by atoms with Crippen molar-refractivity contribution in [3.05, 3.63) is 194 Å². The van der Waals surface area contributed by atoms with E-state index in [1.165, 1.54) is 21.8 Å². The molecular formula is C54H32N2O3. The van der Waals surface area contributed by atoms with E-state index in [0.29, 0.717) is 0 Å². The molecule has 4 heterocycles. The van der Waals surface area contributed by atoms with E-state index in [9.17, 15) is 0 Å². The van der Waals surface area contributed by atoms with Crippen molar-refractivity contribution in [2.75, 3.05) is 4.90 Å². The van der Waals surface area contributed by atoms with Gasteiger partial charge >= 0.3 is 0 Å². The molecule has 4 aromatic heterocycles. The van der Waals surface area contributed by atoms with E-state index in [0.717, 1.165) is 99.7 Å². The van der Waals surface area contributed by atoms with Crippen LogP contribution in [-0.4, -0.2) is 4.57 Å². The van der Waals surface area contributed by atoms with E-state index in [1.807, 2.05) is 24.3 Å². The van der Waals surface area contributed by atoms with E-state index < -0.39 is 0 Å². The van der Waals surface area contributed by atoms with Gasteiger partial charge in [0, 0.05) is 66.9 Å². The van der Waals surface area contributed by atoms with Crippen LogP contribution in [0.2, 0.25) is 0 Å². The topological polar surface area (TPSA) is 47.6 Å². The fourth-order valence-electron chi connectivity index (χ4n) is 9.32. The lowest BCUT2D eigenvalue weighted by Crippen LogP contribution is -2.10. The smallest absolute Gasteiger partial charge is 0.137 e. The second-order valence-corrected chi connectivity index (χ2v) is 15.3. The molecular weight excluding hydrogens is 725 g/mol. The van der Waals surface area contributed by atoms with Crippen molar-refractivity contribution >= 4 is 105 Å². The summed E-state index contributed by atoms with van der Waals surface area (Å²) in [5.74, 6) is 0. The molecule has 0 saturated carbocycles. The molecule has 0 amide bonds. The number of benzene rings is 9. The Bertz CT molecular complexity index is 3690. The molecule has 0 saturated heterocycles. The van der Waals surface area contributed by atoms with E-state index in [-0.39, 0.29) is 0 Å². The molecule has 0 aliphatic heterocycles. The summed E-state index contributed by atoms with van der Waals surface area (Å²) in [5, 5.41) is 8.87. The fourth-order valence-corrected chi connectivity index (χ4v) is 9.32. The molecule has 0 N–H and O–H groups in total. The van der Waals surface area contributed by atoms with Gasteiger partial charge in [0.2, 0.25) is 0 Å². The Morgan fingerprint density at radius 3 is 1.56 bits per heavy atom. The first-order chi connectivity index (χ1) is 29.2. The summed E-state index contributed by atoms with van der Waals surface area (Å²) < 4.78 is 21.9. The van der Waals surface area contributed by atoms with Gasteiger partial charge in [-0.2, -0.15) is 0 Å². The lowest BCUT2D eigenvalue weighted by molar-refractivity contribution is 0.669. The van der Waals surface area contributed by atoms with E-state index in [4.69, 9.17) is 13.3 Å². The molecule has 276 valence electrons. The van der Waals surface area contributed by atoms with Crippen molar-refractivity contribution in [1.82, 2.24) is 4.57 Å². The van der Waals surface area contributed by atoms with Gasteiger partial charge in [-0.1, -0.05) is 91.0 Å². The zero-order chi connectivity index (χ0) is 38.6. The van der Waals surface area contributed by atoms with Gasteiger partial charge in [-0.05, 0) is 102 Å². The number of para-hydroxylation sites is 4. The highest BCUT2D eigenvalue weighted by atomic mass is 16.3. The van der Waals surface area contributed by atoms with Crippen molar-refractivity contribution < 1.29 is 13.3 Å². The molecule has 0 radical (unpaired) electrons. The van der Waals surface area contributed by atoms with Crippen LogP contribution < -0.4 is 4.90 Å². The summed E-state index contributed by atoms with van der Waals surface area (Å²) in [6, 6.07) is 68.4. The van der Waals surface area contributed by atoms with Gasteiger partial charge in [0.05, 0.1) is 22.1 Å². The van der Waals surface area contributed by atoms with Crippen LogP contribution in [0.4, 0.5) is 17.1 Å². The van der Waals surface area contributed by atoms with E-state index in [2.05, 4.69) is 179 Å². The quantitative estimate of drug-likeness (QED) is 0.175. The molecule has 9 aromatic carbocycles. The second kappa shape index (κ2) is 12.2. The van der Waals surface area contributed by atoms with Gasteiger partial charge in [0.15, 0.2) is 0 Å². The van der Waals surface area contributed by atoms with Crippen LogP contribution in [-0.2, 0) is 0 Å². The normalized spacial score (nSPS) is 12.1. The minimum atomic E-state index is 0.815. The third-order valence-electron chi connectivity index (χ3n) is 12.0. The minimum absolute atomic E-state index is 0.815. The van der Waals surface area contributed by atoms with E-state index in [1.54, 1.807) is 0 Å². The Labute approximate surface area is 337 Å². The lowest BCUT2D eigenvalue weighted by Gasteiger charge is -2.26. The highest BCUT2D eigenvalue weighted by molar-refractivity contribution is 6.16. The first-order valence-corrected chi connectivity index (χ1v) is 19.9. The first kappa shape index (κ1) is 32.1. The Hall–Kier alpha value is -8.02. The molecule has 5 nitrogen and oxygen atoms in total. The summed E-state index contributed by atoms with van der Waals surface area (Å²) in [4.78, 5) is 2.30. The number of rotatable bonds is 5. The zero-order valence-electron chi connectivity index (χ0n) is 31.6. The SMILES string of the molecule is c1ccc(-n2c3ccccc3c3cc(-c4ccc5oc6cccc(N(c7ccc8c(c7)oc7ccccc78)c7ccc8c(c7)oc7ccccc78)c6c5c4)ccc32)cc1. The van der Waals surface area contributed by atoms with E-state index >= 15 is 0 Å². The number of hydrogen-bond acceptors (Lipinski definition) is 4. The summed E-state index contributed by atoms with van der Waals surface area (Å²) >= 11 is 0. The Kier molecular flexibility index (Phi) is 6.66. The number of anilines is 3. The van der Waals surface area contributed by atoms with Crippen LogP contribution in [0.15, 0.2) is 207 Å². The zero-order valence-corrected chi connectivity index (χ0v) is 31.6. The minimum Gasteiger partial charge on any atom is -0.456 e.